The maximum Gasteiger partial charge on any atom is 0.227 e. The number of hydrogen-bond donors (Lipinski definition) is 0. The van der Waals surface area contributed by atoms with Crippen LogP contribution in [0.5, 0.6) is 0 Å². The first kappa shape index (κ1) is 27.5. The molecule has 49 heavy (non-hydrogen) atoms. The van der Waals surface area contributed by atoms with Crippen LogP contribution in [-0.4, -0.2) is 15.0 Å². The zero-order chi connectivity index (χ0) is 32.3. The van der Waals surface area contributed by atoms with E-state index in [1.165, 1.54) is 10.8 Å². The lowest BCUT2D eigenvalue weighted by atomic mass is 9.95. The highest BCUT2D eigenvalue weighted by atomic mass is 16.3. The summed E-state index contributed by atoms with van der Waals surface area (Å²) in [6.07, 6.45) is 0. The van der Waals surface area contributed by atoms with Crippen molar-refractivity contribution >= 4 is 54.3 Å². The largest absolute Gasteiger partial charge is 0.435 e. The number of rotatable bonds is 4. The normalized spacial score (nSPS) is 11.7. The molecule has 4 nitrogen and oxygen atoms in total. The number of fused-ring (bicyclic) bond motifs is 7. The first-order chi connectivity index (χ1) is 24.2. The van der Waals surface area contributed by atoms with Crippen molar-refractivity contribution < 1.29 is 4.42 Å². The van der Waals surface area contributed by atoms with E-state index in [0.717, 1.165) is 77.1 Å². The molecule has 0 aliphatic carbocycles. The molecule has 0 saturated carbocycles. The van der Waals surface area contributed by atoms with E-state index in [1.807, 2.05) is 54.6 Å². The molecule has 0 N–H and O–H groups in total. The Morgan fingerprint density at radius 2 is 1.00 bits per heavy atom. The van der Waals surface area contributed by atoms with Gasteiger partial charge < -0.3 is 4.42 Å². The molecule has 10 aromatic rings. The summed E-state index contributed by atoms with van der Waals surface area (Å²) in [5.74, 6) is 1.34. The van der Waals surface area contributed by atoms with Gasteiger partial charge in [0.15, 0.2) is 11.4 Å². The Morgan fingerprint density at radius 1 is 0.367 bits per heavy atom. The second-order valence-electron chi connectivity index (χ2n) is 12.5. The predicted molar refractivity (Wildman–Crippen MR) is 201 cm³/mol. The fraction of sp³-hybridized carbons (Fsp3) is 0. The van der Waals surface area contributed by atoms with E-state index in [4.69, 9.17) is 19.4 Å². The molecule has 10 rings (SSSR count). The molecule has 0 amide bonds. The zero-order valence-corrected chi connectivity index (χ0v) is 26.3. The van der Waals surface area contributed by atoms with Crippen LogP contribution in [0, 0.1) is 0 Å². The van der Waals surface area contributed by atoms with Crippen molar-refractivity contribution in [2.24, 2.45) is 0 Å². The van der Waals surface area contributed by atoms with Crippen LogP contribution in [0.1, 0.15) is 0 Å². The zero-order valence-electron chi connectivity index (χ0n) is 26.3. The van der Waals surface area contributed by atoms with Gasteiger partial charge >= 0.3 is 0 Å². The van der Waals surface area contributed by atoms with Crippen LogP contribution in [0.15, 0.2) is 168 Å². The molecule has 8 aromatic carbocycles. The smallest absolute Gasteiger partial charge is 0.227 e. The van der Waals surface area contributed by atoms with Crippen LogP contribution >= 0.6 is 0 Å². The summed E-state index contributed by atoms with van der Waals surface area (Å²) < 4.78 is 6.43. The van der Waals surface area contributed by atoms with Crippen molar-refractivity contribution in [3.63, 3.8) is 0 Å². The molecule has 0 unspecified atom stereocenters. The Morgan fingerprint density at radius 3 is 1.84 bits per heavy atom. The van der Waals surface area contributed by atoms with E-state index in [2.05, 4.69) is 109 Å². The summed E-state index contributed by atoms with van der Waals surface area (Å²) in [7, 11) is 0. The average Bonchev–Trinajstić information content (AvgIpc) is 3.62. The molecule has 0 spiro atoms. The number of oxazole rings is 1. The molecule has 2 heterocycles. The van der Waals surface area contributed by atoms with Crippen LogP contribution < -0.4 is 0 Å². The number of hydrogen-bond acceptors (Lipinski definition) is 4. The van der Waals surface area contributed by atoms with Crippen LogP contribution in [0.2, 0.25) is 0 Å². The Balaban J connectivity index is 1.13. The Kier molecular flexibility index (Phi) is 6.15. The van der Waals surface area contributed by atoms with Crippen LogP contribution in [0.3, 0.4) is 0 Å². The van der Waals surface area contributed by atoms with Crippen molar-refractivity contribution in [2.75, 3.05) is 0 Å². The number of benzene rings is 8. The van der Waals surface area contributed by atoms with Crippen molar-refractivity contribution in [3.05, 3.63) is 164 Å². The lowest BCUT2D eigenvalue weighted by Crippen LogP contribution is -1.96. The maximum atomic E-state index is 6.43. The van der Waals surface area contributed by atoms with Gasteiger partial charge in [-0.1, -0.05) is 121 Å². The Bertz CT molecular complexity index is 2880. The highest BCUT2D eigenvalue weighted by Crippen LogP contribution is 2.38. The van der Waals surface area contributed by atoms with Gasteiger partial charge in [0.2, 0.25) is 5.89 Å². The Hall–Kier alpha value is -6.65. The highest BCUT2D eigenvalue weighted by molar-refractivity contribution is 6.18. The summed E-state index contributed by atoms with van der Waals surface area (Å²) in [4.78, 5) is 15.1. The van der Waals surface area contributed by atoms with Gasteiger partial charge in [-0.05, 0) is 80.5 Å². The molecule has 2 aromatic heterocycles. The van der Waals surface area contributed by atoms with Gasteiger partial charge in [0.25, 0.3) is 0 Å². The van der Waals surface area contributed by atoms with E-state index < -0.39 is 0 Å². The summed E-state index contributed by atoms with van der Waals surface area (Å²) in [6.45, 7) is 0. The molecule has 4 heteroatoms. The predicted octanol–water partition coefficient (Wildman–Crippen LogP) is 11.9. The lowest BCUT2D eigenvalue weighted by Gasteiger charge is -2.12. The van der Waals surface area contributed by atoms with Crippen molar-refractivity contribution in [2.45, 2.75) is 0 Å². The quantitative estimate of drug-likeness (QED) is 0.183. The maximum absolute atomic E-state index is 6.43. The van der Waals surface area contributed by atoms with Gasteiger partial charge in [0, 0.05) is 27.5 Å². The fourth-order valence-corrected chi connectivity index (χ4v) is 7.00. The van der Waals surface area contributed by atoms with E-state index in [0.29, 0.717) is 11.7 Å². The minimum absolute atomic E-state index is 0.632. The van der Waals surface area contributed by atoms with Crippen LogP contribution in [-0.2, 0) is 0 Å². The van der Waals surface area contributed by atoms with E-state index in [1.54, 1.807) is 0 Å². The van der Waals surface area contributed by atoms with Crippen molar-refractivity contribution in [3.8, 4) is 45.2 Å². The third-order valence-corrected chi connectivity index (χ3v) is 9.46. The highest BCUT2D eigenvalue weighted by Gasteiger charge is 2.16. The average molecular weight is 626 g/mol. The van der Waals surface area contributed by atoms with Gasteiger partial charge in [0.1, 0.15) is 5.52 Å². The molecular weight excluding hydrogens is 599 g/mol. The van der Waals surface area contributed by atoms with Crippen LogP contribution in [0.4, 0.5) is 0 Å². The van der Waals surface area contributed by atoms with Crippen molar-refractivity contribution in [1.29, 1.82) is 0 Å². The van der Waals surface area contributed by atoms with Gasteiger partial charge in [0.05, 0.1) is 11.2 Å². The van der Waals surface area contributed by atoms with E-state index in [-0.39, 0.29) is 0 Å². The summed E-state index contributed by atoms with van der Waals surface area (Å²) in [6, 6.07) is 57.0. The Labute approximate surface area is 282 Å². The van der Waals surface area contributed by atoms with Gasteiger partial charge in [-0.3, -0.25) is 0 Å². The SMILES string of the molecule is c1ccc(-c2nc(-c3ccc4ccccc4c3)c3ccc(-c4ccc5c(ccc6ccc7nc(-c8ccccc8)oc7c65)c4)cc3n2)cc1. The van der Waals surface area contributed by atoms with Gasteiger partial charge in [-0.25, -0.2) is 15.0 Å². The van der Waals surface area contributed by atoms with Gasteiger partial charge in [-0.15, -0.1) is 0 Å². The monoisotopic (exact) mass is 625 g/mol. The second kappa shape index (κ2) is 11.0. The third kappa shape index (κ3) is 4.65. The third-order valence-electron chi connectivity index (χ3n) is 9.46. The molecule has 0 bridgehead atoms. The molecule has 228 valence electrons. The number of nitrogens with zero attached hydrogens (tertiary/aromatic N) is 3. The van der Waals surface area contributed by atoms with Crippen molar-refractivity contribution in [1.82, 2.24) is 15.0 Å². The molecule has 0 atom stereocenters. The molecule has 0 saturated heterocycles. The molecule has 0 aliphatic heterocycles. The summed E-state index contributed by atoms with van der Waals surface area (Å²) in [5.41, 5.74) is 8.75. The second-order valence-corrected chi connectivity index (χ2v) is 12.5. The molecule has 0 fully saturated rings. The lowest BCUT2D eigenvalue weighted by molar-refractivity contribution is 0.623. The van der Waals surface area contributed by atoms with Gasteiger partial charge in [-0.2, -0.15) is 0 Å². The minimum Gasteiger partial charge on any atom is -0.435 e. The summed E-state index contributed by atoms with van der Waals surface area (Å²) >= 11 is 0. The van der Waals surface area contributed by atoms with E-state index in [9.17, 15) is 0 Å². The fourth-order valence-electron chi connectivity index (χ4n) is 7.00. The van der Waals surface area contributed by atoms with Crippen LogP contribution in [0.25, 0.3) is 99.5 Å². The standard InChI is InChI=1S/C45H27N3O/c1-3-10-30(11-4-1)44-46-40-27-34(20-23-38(40)42(48-44)36-18-15-28-9-7-8-14-32(28)26-36)33-19-22-37-35(25-33)17-16-29-21-24-39-43(41(29)37)49-45(47-39)31-12-5-2-6-13-31/h1-27H. The van der Waals surface area contributed by atoms with E-state index >= 15 is 0 Å². The molecular formula is C45H27N3O. The molecule has 0 radical (unpaired) electrons. The first-order valence-corrected chi connectivity index (χ1v) is 16.4. The summed E-state index contributed by atoms with van der Waals surface area (Å²) in [5, 5.41) is 7.89. The first-order valence-electron chi connectivity index (χ1n) is 16.4. The molecule has 0 aliphatic rings. The minimum atomic E-state index is 0.632. The number of aromatic nitrogens is 3. The topological polar surface area (TPSA) is 51.8 Å².